The molecule has 0 aliphatic rings. The molecule has 0 spiro atoms. The summed E-state index contributed by atoms with van der Waals surface area (Å²) in [6.07, 6.45) is 4.01. The number of aryl methyl sites for hydroxylation is 1. The largest absolute Gasteiger partial charge is 0.379 e. The first kappa shape index (κ1) is 13.1. The molecule has 0 amide bonds. The molecule has 0 saturated heterocycles. The zero-order valence-corrected chi connectivity index (χ0v) is 10.5. The summed E-state index contributed by atoms with van der Waals surface area (Å²) in [6.45, 7) is 5.64. The number of nitrogens with zero attached hydrogens (tertiary/aromatic N) is 1. The highest BCUT2D eigenvalue weighted by atomic mass is 32.1. The molecule has 0 bridgehead atoms. The Hall–Kier alpha value is -0.940. The van der Waals surface area contributed by atoms with Gasteiger partial charge in [0.05, 0.1) is 6.10 Å². The fourth-order valence-electron chi connectivity index (χ4n) is 1.32. The fourth-order valence-corrected chi connectivity index (χ4v) is 1.58. The summed E-state index contributed by atoms with van der Waals surface area (Å²) >= 11 is 5.04. The molecule has 4 nitrogen and oxygen atoms in total. The standard InChI is InChI=1S/C11H18N2O2S/c1-9(2)15-8-4-3-6-13-7-5-10(14)12-11(13)16/h5,7,9H,3-4,6,8H2,1-2H3,(H,12,14,16). The summed E-state index contributed by atoms with van der Waals surface area (Å²) in [6, 6.07) is 1.49. The van der Waals surface area contributed by atoms with Crippen molar-refractivity contribution in [2.45, 2.75) is 39.3 Å². The van der Waals surface area contributed by atoms with Crippen molar-refractivity contribution in [2.75, 3.05) is 6.61 Å². The number of aromatic nitrogens is 2. The maximum Gasteiger partial charge on any atom is 0.251 e. The van der Waals surface area contributed by atoms with Crippen LogP contribution in [0.4, 0.5) is 0 Å². The summed E-state index contributed by atoms with van der Waals surface area (Å²) in [7, 11) is 0. The third-order valence-corrected chi connectivity index (χ3v) is 2.48. The van der Waals surface area contributed by atoms with Crippen molar-refractivity contribution in [3.05, 3.63) is 27.4 Å². The van der Waals surface area contributed by atoms with E-state index in [0.29, 0.717) is 4.77 Å². The quantitative estimate of drug-likeness (QED) is 0.614. The molecule has 0 aliphatic carbocycles. The second kappa shape index (κ2) is 6.60. The van der Waals surface area contributed by atoms with E-state index in [1.807, 2.05) is 18.4 Å². The summed E-state index contributed by atoms with van der Waals surface area (Å²) in [5.74, 6) is 0. The van der Waals surface area contributed by atoms with Crippen LogP contribution in [0.3, 0.4) is 0 Å². The predicted molar refractivity (Wildman–Crippen MR) is 66.2 cm³/mol. The van der Waals surface area contributed by atoms with Crippen LogP contribution in [0.1, 0.15) is 26.7 Å². The van der Waals surface area contributed by atoms with E-state index in [9.17, 15) is 4.79 Å². The molecule has 0 unspecified atom stereocenters. The number of unbranched alkanes of at least 4 members (excludes halogenated alkanes) is 1. The minimum absolute atomic E-state index is 0.149. The lowest BCUT2D eigenvalue weighted by Gasteiger charge is -2.08. The van der Waals surface area contributed by atoms with Crippen molar-refractivity contribution in [3.63, 3.8) is 0 Å². The van der Waals surface area contributed by atoms with E-state index in [0.717, 1.165) is 26.0 Å². The third-order valence-electron chi connectivity index (χ3n) is 2.14. The third kappa shape index (κ3) is 4.72. The first-order valence-electron chi connectivity index (χ1n) is 5.51. The molecule has 0 saturated carbocycles. The Balaban J connectivity index is 2.32. The highest BCUT2D eigenvalue weighted by Gasteiger charge is 1.95. The lowest BCUT2D eigenvalue weighted by atomic mass is 10.3. The van der Waals surface area contributed by atoms with Gasteiger partial charge in [-0.15, -0.1) is 0 Å². The Kier molecular flexibility index (Phi) is 5.42. The van der Waals surface area contributed by atoms with Gasteiger partial charge in [0.2, 0.25) is 0 Å². The van der Waals surface area contributed by atoms with Crippen LogP contribution < -0.4 is 5.56 Å². The number of ether oxygens (including phenoxy) is 1. The fraction of sp³-hybridized carbons (Fsp3) is 0.636. The van der Waals surface area contributed by atoms with Gasteiger partial charge in [-0.05, 0) is 38.9 Å². The number of H-pyrrole nitrogens is 1. The van der Waals surface area contributed by atoms with Crippen molar-refractivity contribution in [2.24, 2.45) is 0 Å². The van der Waals surface area contributed by atoms with Crippen molar-refractivity contribution in [3.8, 4) is 0 Å². The number of hydrogen-bond acceptors (Lipinski definition) is 3. The van der Waals surface area contributed by atoms with Gasteiger partial charge in [0.15, 0.2) is 4.77 Å². The minimum atomic E-state index is -0.149. The predicted octanol–water partition coefficient (Wildman–Crippen LogP) is 2.11. The number of rotatable bonds is 6. The Bertz CT molecular complexity index is 422. The molecule has 16 heavy (non-hydrogen) atoms. The van der Waals surface area contributed by atoms with Crippen molar-refractivity contribution < 1.29 is 4.74 Å². The van der Waals surface area contributed by atoms with Gasteiger partial charge < -0.3 is 9.30 Å². The van der Waals surface area contributed by atoms with Crippen LogP contribution >= 0.6 is 12.2 Å². The van der Waals surface area contributed by atoms with Crippen LogP contribution in [0.15, 0.2) is 17.1 Å². The van der Waals surface area contributed by atoms with Crippen LogP contribution in [0.5, 0.6) is 0 Å². The minimum Gasteiger partial charge on any atom is -0.379 e. The normalized spacial score (nSPS) is 10.9. The van der Waals surface area contributed by atoms with E-state index in [-0.39, 0.29) is 11.7 Å². The van der Waals surface area contributed by atoms with Gasteiger partial charge >= 0.3 is 0 Å². The molecule has 1 aromatic heterocycles. The summed E-state index contributed by atoms with van der Waals surface area (Å²) in [5, 5.41) is 0. The summed E-state index contributed by atoms with van der Waals surface area (Å²) in [4.78, 5) is 13.5. The van der Waals surface area contributed by atoms with Crippen LogP contribution in [-0.2, 0) is 11.3 Å². The maximum absolute atomic E-state index is 10.9. The van der Waals surface area contributed by atoms with Gasteiger partial charge in [-0.1, -0.05) is 0 Å². The van der Waals surface area contributed by atoms with E-state index in [1.54, 1.807) is 6.20 Å². The Morgan fingerprint density at radius 3 is 2.88 bits per heavy atom. The van der Waals surface area contributed by atoms with E-state index in [2.05, 4.69) is 4.98 Å². The zero-order chi connectivity index (χ0) is 12.0. The number of aromatic amines is 1. The van der Waals surface area contributed by atoms with Crippen molar-refractivity contribution in [1.29, 1.82) is 0 Å². The van der Waals surface area contributed by atoms with E-state index >= 15 is 0 Å². The maximum atomic E-state index is 10.9. The molecule has 90 valence electrons. The monoisotopic (exact) mass is 242 g/mol. The van der Waals surface area contributed by atoms with Crippen LogP contribution in [0.2, 0.25) is 0 Å². The molecule has 1 N–H and O–H groups in total. The van der Waals surface area contributed by atoms with Gasteiger partial charge in [-0.25, -0.2) is 0 Å². The van der Waals surface area contributed by atoms with Gasteiger partial charge in [0.25, 0.3) is 5.56 Å². The smallest absolute Gasteiger partial charge is 0.251 e. The molecule has 1 aromatic rings. The van der Waals surface area contributed by atoms with Crippen LogP contribution in [-0.4, -0.2) is 22.3 Å². The van der Waals surface area contributed by atoms with Gasteiger partial charge in [0.1, 0.15) is 0 Å². The molecule has 0 aliphatic heterocycles. The highest BCUT2D eigenvalue weighted by molar-refractivity contribution is 7.71. The van der Waals surface area contributed by atoms with Gasteiger partial charge in [0, 0.05) is 25.4 Å². The number of hydrogen-bond donors (Lipinski definition) is 1. The molecule has 1 rings (SSSR count). The summed E-state index contributed by atoms with van der Waals surface area (Å²) in [5.41, 5.74) is -0.149. The SMILES string of the molecule is CC(C)OCCCCn1ccc(=O)[nH]c1=S. The molecule has 0 radical (unpaired) electrons. The Morgan fingerprint density at radius 2 is 2.25 bits per heavy atom. The molecule has 0 aromatic carbocycles. The van der Waals surface area contributed by atoms with E-state index < -0.39 is 0 Å². The van der Waals surface area contributed by atoms with Crippen LogP contribution in [0.25, 0.3) is 0 Å². The van der Waals surface area contributed by atoms with Crippen molar-refractivity contribution in [1.82, 2.24) is 9.55 Å². The molecule has 0 atom stereocenters. The zero-order valence-electron chi connectivity index (χ0n) is 9.73. The van der Waals surface area contributed by atoms with E-state index in [4.69, 9.17) is 17.0 Å². The molecular formula is C11H18N2O2S. The second-order valence-electron chi connectivity index (χ2n) is 3.93. The second-order valence-corrected chi connectivity index (χ2v) is 4.32. The lowest BCUT2D eigenvalue weighted by molar-refractivity contribution is 0.0754. The lowest BCUT2D eigenvalue weighted by Crippen LogP contribution is -2.12. The topological polar surface area (TPSA) is 47.0 Å². The number of nitrogens with one attached hydrogen (secondary N) is 1. The first-order chi connectivity index (χ1) is 7.59. The first-order valence-corrected chi connectivity index (χ1v) is 5.92. The van der Waals surface area contributed by atoms with Crippen molar-refractivity contribution >= 4 is 12.2 Å². The Labute approximate surface area is 100 Å². The van der Waals surface area contributed by atoms with Gasteiger partial charge in [-0.2, -0.15) is 0 Å². The van der Waals surface area contributed by atoms with Crippen LogP contribution in [0, 0.1) is 4.77 Å². The average molecular weight is 242 g/mol. The van der Waals surface area contributed by atoms with Gasteiger partial charge in [-0.3, -0.25) is 9.78 Å². The average Bonchev–Trinajstić information content (AvgIpc) is 2.20. The molecule has 0 fully saturated rings. The summed E-state index contributed by atoms with van der Waals surface area (Å²) < 4.78 is 7.79. The molecule has 5 heteroatoms. The molecule has 1 heterocycles. The highest BCUT2D eigenvalue weighted by Crippen LogP contribution is 1.98. The Morgan fingerprint density at radius 1 is 1.50 bits per heavy atom. The van der Waals surface area contributed by atoms with E-state index in [1.165, 1.54) is 6.07 Å². The molecular weight excluding hydrogens is 224 g/mol.